The Hall–Kier alpha value is -1.48. The average Bonchev–Trinajstić information content (AvgIpc) is 2.85. The van der Waals surface area contributed by atoms with E-state index in [4.69, 9.17) is 5.14 Å². The molecule has 1 aliphatic rings. The lowest BCUT2D eigenvalue weighted by atomic mass is 10.3. The number of hydrogen-bond acceptors (Lipinski definition) is 5. The Morgan fingerprint density at radius 1 is 1.47 bits per heavy atom. The van der Waals surface area contributed by atoms with Crippen molar-refractivity contribution in [1.82, 2.24) is 9.78 Å². The van der Waals surface area contributed by atoms with E-state index in [0.29, 0.717) is 0 Å². The molecule has 0 atom stereocenters. The van der Waals surface area contributed by atoms with E-state index in [0.717, 1.165) is 31.9 Å². The molecule has 17 heavy (non-hydrogen) atoms. The zero-order valence-corrected chi connectivity index (χ0v) is 9.76. The smallest absolute Gasteiger partial charge is 0.358 e. The summed E-state index contributed by atoms with van der Waals surface area (Å²) in [4.78, 5) is 9.36. The van der Waals surface area contributed by atoms with Gasteiger partial charge in [-0.15, -0.1) is 0 Å². The van der Waals surface area contributed by atoms with Crippen molar-refractivity contribution in [3.05, 3.63) is 16.3 Å². The molecule has 9 heteroatoms. The number of aromatic nitrogens is 2. The fraction of sp³-hybridized carbons (Fsp3) is 0.625. The van der Waals surface area contributed by atoms with Crippen LogP contribution < -0.4 is 5.14 Å². The first-order valence-corrected chi connectivity index (χ1v) is 6.70. The molecular weight excluding hydrogens is 248 g/mol. The lowest BCUT2D eigenvalue weighted by Gasteiger charge is -2.03. The van der Waals surface area contributed by atoms with E-state index in [2.05, 4.69) is 5.10 Å². The van der Waals surface area contributed by atoms with E-state index >= 15 is 0 Å². The van der Waals surface area contributed by atoms with Crippen LogP contribution in [0.1, 0.15) is 31.7 Å². The second kappa shape index (κ2) is 4.08. The molecule has 0 unspecified atom stereocenters. The zero-order chi connectivity index (χ0) is 12.6. The largest absolute Gasteiger partial charge is 0.410 e. The van der Waals surface area contributed by atoms with Crippen LogP contribution in [0.3, 0.4) is 0 Å². The number of primary sulfonamides is 1. The Labute approximate surface area is 97.6 Å². The van der Waals surface area contributed by atoms with Crippen molar-refractivity contribution < 1.29 is 13.3 Å². The SMILES string of the molecule is NS(=O)(=O)c1cn(C2CCCC2)nc1[N+](=O)[O-]. The zero-order valence-electron chi connectivity index (χ0n) is 8.94. The molecule has 0 radical (unpaired) electrons. The first kappa shape index (κ1) is 12.0. The summed E-state index contributed by atoms with van der Waals surface area (Å²) >= 11 is 0. The highest BCUT2D eigenvalue weighted by atomic mass is 32.2. The summed E-state index contributed by atoms with van der Waals surface area (Å²) in [6, 6.07) is 0.0317. The third-order valence-corrected chi connectivity index (χ3v) is 3.76. The molecule has 0 aromatic carbocycles. The first-order valence-electron chi connectivity index (χ1n) is 5.16. The van der Waals surface area contributed by atoms with E-state index in [1.54, 1.807) is 0 Å². The Kier molecular flexibility index (Phi) is 2.87. The van der Waals surface area contributed by atoms with Crippen LogP contribution >= 0.6 is 0 Å². The van der Waals surface area contributed by atoms with Crippen molar-refractivity contribution in [2.24, 2.45) is 5.14 Å². The van der Waals surface area contributed by atoms with Crippen molar-refractivity contribution in [3.63, 3.8) is 0 Å². The lowest BCUT2D eigenvalue weighted by Crippen LogP contribution is -2.13. The molecule has 1 aliphatic carbocycles. The van der Waals surface area contributed by atoms with Crippen LogP contribution in [0, 0.1) is 10.1 Å². The van der Waals surface area contributed by atoms with Crippen LogP contribution in [-0.4, -0.2) is 23.1 Å². The van der Waals surface area contributed by atoms with Gasteiger partial charge < -0.3 is 10.1 Å². The Morgan fingerprint density at radius 3 is 2.47 bits per heavy atom. The van der Waals surface area contributed by atoms with Crippen LogP contribution in [0.5, 0.6) is 0 Å². The van der Waals surface area contributed by atoms with Crippen LogP contribution in [0.25, 0.3) is 0 Å². The molecule has 1 aromatic heterocycles. The molecule has 2 N–H and O–H groups in total. The highest BCUT2D eigenvalue weighted by molar-refractivity contribution is 7.89. The van der Waals surface area contributed by atoms with Gasteiger partial charge in [-0.25, -0.2) is 13.6 Å². The Morgan fingerprint density at radius 2 is 2.06 bits per heavy atom. The Bertz CT molecular complexity index is 544. The predicted octanol–water partition coefficient (Wildman–Crippen LogP) is 0.554. The minimum Gasteiger partial charge on any atom is -0.358 e. The van der Waals surface area contributed by atoms with Crippen molar-refractivity contribution in [3.8, 4) is 0 Å². The molecule has 1 heterocycles. The van der Waals surface area contributed by atoms with Crippen LogP contribution in [0.2, 0.25) is 0 Å². The molecule has 0 saturated heterocycles. The van der Waals surface area contributed by atoms with Crippen molar-refractivity contribution in [1.29, 1.82) is 0 Å². The number of sulfonamides is 1. The van der Waals surface area contributed by atoms with E-state index in [-0.39, 0.29) is 6.04 Å². The monoisotopic (exact) mass is 260 g/mol. The van der Waals surface area contributed by atoms with Crippen LogP contribution in [-0.2, 0) is 10.0 Å². The van der Waals surface area contributed by atoms with Crippen molar-refractivity contribution in [2.75, 3.05) is 0 Å². The number of hydrogen-bond donors (Lipinski definition) is 1. The fourth-order valence-electron chi connectivity index (χ4n) is 2.05. The molecule has 0 amide bonds. The molecule has 1 fully saturated rings. The van der Waals surface area contributed by atoms with Gasteiger partial charge in [-0.05, 0) is 17.8 Å². The molecule has 0 bridgehead atoms. The quantitative estimate of drug-likeness (QED) is 0.628. The standard InChI is InChI=1S/C8H12N4O4S/c9-17(15,16)7-5-11(6-3-1-2-4-6)10-8(7)12(13)14/h5-6H,1-4H2,(H2,9,15,16). The van der Waals surface area contributed by atoms with Gasteiger partial charge >= 0.3 is 5.82 Å². The second-order valence-electron chi connectivity index (χ2n) is 4.04. The van der Waals surface area contributed by atoms with E-state index in [1.165, 1.54) is 4.68 Å². The van der Waals surface area contributed by atoms with Gasteiger partial charge in [0.2, 0.25) is 14.9 Å². The van der Waals surface area contributed by atoms with Gasteiger partial charge in [0.05, 0.1) is 17.3 Å². The summed E-state index contributed by atoms with van der Waals surface area (Å²) in [5.41, 5.74) is 0. The second-order valence-corrected chi connectivity index (χ2v) is 5.57. The highest BCUT2D eigenvalue weighted by Crippen LogP contribution is 2.31. The van der Waals surface area contributed by atoms with Gasteiger partial charge in [0.25, 0.3) is 0 Å². The third-order valence-electron chi connectivity index (χ3n) is 2.86. The van der Waals surface area contributed by atoms with Gasteiger partial charge in [-0.2, -0.15) is 4.68 Å². The van der Waals surface area contributed by atoms with Gasteiger partial charge in [0.1, 0.15) is 0 Å². The normalized spacial score (nSPS) is 17.5. The number of nitrogens with zero attached hydrogens (tertiary/aromatic N) is 3. The predicted molar refractivity (Wildman–Crippen MR) is 57.8 cm³/mol. The highest BCUT2D eigenvalue weighted by Gasteiger charge is 2.32. The summed E-state index contributed by atoms with van der Waals surface area (Å²) in [7, 11) is -4.11. The topological polar surface area (TPSA) is 121 Å². The number of rotatable bonds is 3. The van der Waals surface area contributed by atoms with Crippen LogP contribution in [0.4, 0.5) is 5.82 Å². The average molecular weight is 260 g/mol. The lowest BCUT2D eigenvalue weighted by molar-refractivity contribution is -0.392. The molecule has 2 rings (SSSR count). The first-order chi connectivity index (χ1) is 7.89. The molecular formula is C8H12N4O4S. The molecule has 0 spiro atoms. The number of nitrogens with two attached hydrogens (primary N) is 1. The number of nitro groups is 1. The summed E-state index contributed by atoms with van der Waals surface area (Å²) < 4.78 is 23.8. The van der Waals surface area contributed by atoms with E-state index in [9.17, 15) is 18.5 Å². The maximum absolute atomic E-state index is 11.2. The summed E-state index contributed by atoms with van der Waals surface area (Å²) in [5, 5.41) is 19.3. The van der Waals surface area contributed by atoms with E-state index < -0.39 is 25.7 Å². The third kappa shape index (κ3) is 2.29. The van der Waals surface area contributed by atoms with Gasteiger partial charge in [0, 0.05) is 0 Å². The van der Waals surface area contributed by atoms with Gasteiger partial charge in [-0.3, -0.25) is 0 Å². The maximum Gasteiger partial charge on any atom is 0.410 e. The molecule has 1 aromatic rings. The summed E-state index contributed by atoms with van der Waals surface area (Å²) in [5.74, 6) is -0.695. The van der Waals surface area contributed by atoms with Crippen molar-refractivity contribution >= 4 is 15.8 Å². The van der Waals surface area contributed by atoms with Gasteiger partial charge in [0.15, 0.2) is 0 Å². The maximum atomic E-state index is 11.2. The molecule has 8 nitrogen and oxygen atoms in total. The minimum absolute atomic E-state index is 0.0317. The van der Waals surface area contributed by atoms with Crippen LogP contribution in [0.15, 0.2) is 11.1 Å². The summed E-state index contributed by atoms with van der Waals surface area (Å²) in [6.45, 7) is 0. The minimum atomic E-state index is -4.11. The molecule has 94 valence electrons. The summed E-state index contributed by atoms with van der Waals surface area (Å²) in [6.07, 6.45) is 4.89. The fourth-order valence-corrected chi connectivity index (χ4v) is 2.67. The van der Waals surface area contributed by atoms with Gasteiger partial charge in [-0.1, -0.05) is 12.8 Å². The van der Waals surface area contributed by atoms with Crippen molar-refractivity contribution in [2.45, 2.75) is 36.6 Å². The van der Waals surface area contributed by atoms with E-state index in [1.807, 2.05) is 0 Å². The Balaban J connectivity index is 2.48. The molecule has 1 saturated carbocycles. The molecule has 0 aliphatic heterocycles.